The lowest BCUT2D eigenvalue weighted by atomic mass is 9.91. The number of alkyl carbamates (subject to hydrolysis) is 1. The maximum Gasteiger partial charge on any atom is 0.408 e. The van der Waals surface area contributed by atoms with Gasteiger partial charge in [0, 0.05) is 24.1 Å². The normalized spacial score (nSPS) is 22.0. The number of hydrogen-bond acceptors (Lipinski definition) is 7. The van der Waals surface area contributed by atoms with Gasteiger partial charge in [-0.05, 0) is 17.2 Å². The highest BCUT2D eigenvalue weighted by molar-refractivity contribution is 5.92. The molecule has 0 bridgehead atoms. The van der Waals surface area contributed by atoms with E-state index in [0.29, 0.717) is 11.3 Å². The number of anilines is 1. The molecule has 38 heavy (non-hydrogen) atoms. The lowest BCUT2D eigenvalue weighted by Gasteiger charge is -2.33. The molecule has 0 spiro atoms. The van der Waals surface area contributed by atoms with Crippen molar-refractivity contribution in [2.75, 3.05) is 12.4 Å². The fraction of sp³-hybridized carbons (Fsp3) is 0.276. The molecule has 0 aromatic heterocycles. The van der Waals surface area contributed by atoms with Crippen LogP contribution >= 0.6 is 0 Å². The van der Waals surface area contributed by atoms with Crippen LogP contribution in [0.25, 0.3) is 0 Å². The number of ether oxygens (including phenoxy) is 2. The van der Waals surface area contributed by atoms with E-state index in [1.165, 1.54) is 12.0 Å². The Morgan fingerprint density at radius 1 is 1.00 bits per heavy atom. The van der Waals surface area contributed by atoms with E-state index in [-0.39, 0.29) is 19.4 Å². The first-order valence-electron chi connectivity index (χ1n) is 12.4. The Bertz CT molecular complexity index is 1320. The van der Waals surface area contributed by atoms with Gasteiger partial charge in [0.05, 0.1) is 7.11 Å². The predicted molar refractivity (Wildman–Crippen MR) is 139 cm³/mol. The molecule has 3 aromatic rings. The molecule has 3 aromatic carbocycles. The molecule has 2 amide bonds. The standard InChI is InChI=1S/C29H29N3O6/c1-37-26(34)24-17-29(36)21-14-8-9-15-22(21)30-27(29)32(24)25(33)23(16-19-10-4-2-5-11-19)31-28(35)38-18-20-12-6-3-7-13-20/h2-15,23-24,27,30,36H,16-18H2,1H3,(H,31,35)/t23-,24-,27-,29+/m0/s1. The summed E-state index contributed by atoms with van der Waals surface area (Å²) in [6, 6.07) is 23.5. The Hall–Kier alpha value is -4.37. The fourth-order valence-electron chi connectivity index (χ4n) is 5.25. The molecule has 196 valence electrons. The second kappa shape index (κ2) is 10.5. The van der Waals surface area contributed by atoms with Gasteiger partial charge in [-0.15, -0.1) is 0 Å². The van der Waals surface area contributed by atoms with Crippen LogP contribution < -0.4 is 10.6 Å². The maximum absolute atomic E-state index is 14.1. The molecule has 0 aliphatic carbocycles. The first-order valence-corrected chi connectivity index (χ1v) is 12.4. The van der Waals surface area contributed by atoms with Gasteiger partial charge in [0.25, 0.3) is 0 Å². The smallest absolute Gasteiger partial charge is 0.408 e. The third kappa shape index (κ3) is 4.80. The zero-order chi connectivity index (χ0) is 26.7. The number of nitrogens with one attached hydrogen (secondary N) is 2. The molecule has 0 unspecified atom stereocenters. The number of likely N-dealkylation sites (tertiary alicyclic amines) is 1. The van der Waals surface area contributed by atoms with Gasteiger partial charge >= 0.3 is 12.1 Å². The average Bonchev–Trinajstić information content (AvgIpc) is 3.40. The summed E-state index contributed by atoms with van der Waals surface area (Å²) in [5.74, 6) is -1.19. The maximum atomic E-state index is 14.1. The molecule has 0 radical (unpaired) electrons. The topological polar surface area (TPSA) is 117 Å². The first-order chi connectivity index (χ1) is 18.4. The van der Waals surface area contributed by atoms with Crippen molar-refractivity contribution in [3.63, 3.8) is 0 Å². The van der Waals surface area contributed by atoms with Gasteiger partial charge in [-0.3, -0.25) is 4.79 Å². The zero-order valence-electron chi connectivity index (χ0n) is 20.9. The molecular weight excluding hydrogens is 486 g/mol. The molecule has 2 aliphatic rings. The summed E-state index contributed by atoms with van der Waals surface area (Å²) < 4.78 is 10.4. The largest absolute Gasteiger partial charge is 0.467 e. The van der Waals surface area contributed by atoms with Gasteiger partial charge in [-0.1, -0.05) is 78.9 Å². The Kier molecular flexibility index (Phi) is 7.02. The van der Waals surface area contributed by atoms with Crippen molar-refractivity contribution in [1.82, 2.24) is 10.2 Å². The molecular formula is C29H29N3O6. The van der Waals surface area contributed by atoms with Gasteiger partial charge < -0.3 is 30.1 Å². The summed E-state index contributed by atoms with van der Waals surface area (Å²) in [6.07, 6.45) is -1.58. The number of para-hydroxylation sites is 1. The molecule has 3 N–H and O–H groups in total. The fourth-order valence-corrected chi connectivity index (χ4v) is 5.25. The second-order valence-electron chi connectivity index (χ2n) is 9.45. The van der Waals surface area contributed by atoms with Crippen molar-refractivity contribution >= 4 is 23.7 Å². The number of esters is 1. The van der Waals surface area contributed by atoms with Gasteiger partial charge in [-0.2, -0.15) is 0 Å². The molecule has 1 fully saturated rings. The highest BCUT2D eigenvalue weighted by Gasteiger charge is 2.61. The number of nitrogens with zero attached hydrogens (tertiary/aromatic N) is 1. The molecule has 2 heterocycles. The van der Waals surface area contributed by atoms with Crippen LogP contribution in [0.1, 0.15) is 23.1 Å². The molecule has 9 heteroatoms. The summed E-state index contributed by atoms with van der Waals surface area (Å²) in [5.41, 5.74) is 1.38. The highest BCUT2D eigenvalue weighted by atomic mass is 16.5. The van der Waals surface area contributed by atoms with Crippen molar-refractivity contribution < 1.29 is 29.0 Å². The third-order valence-electron chi connectivity index (χ3n) is 7.07. The van der Waals surface area contributed by atoms with Crippen LogP contribution in [0, 0.1) is 0 Å². The van der Waals surface area contributed by atoms with Gasteiger partial charge in [0.15, 0.2) is 0 Å². The molecule has 0 saturated carbocycles. The summed E-state index contributed by atoms with van der Waals surface area (Å²) in [5, 5.41) is 17.6. The number of methoxy groups -OCH3 is 1. The van der Waals surface area contributed by atoms with Crippen LogP contribution in [0.2, 0.25) is 0 Å². The first kappa shape index (κ1) is 25.3. The number of amides is 2. The number of aliphatic hydroxyl groups is 1. The number of hydrogen-bond donors (Lipinski definition) is 3. The number of carbonyl (C=O) groups excluding carboxylic acids is 3. The van der Waals surface area contributed by atoms with E-state index in [0.717, 1.165) is 11.1 Å². The minimum absolute atomic E-state index is 0.0344. The van der Waals surface area contributed by atoms with Gasteiger partial charge in [0.1, 0.15) is 30.5 Å². The van der Waals surface area contributed by atoms with Gasteiger partial charge in [0.2, 0.25) is 5.91 Å². The number of fused-ring (bicyclic) bond motifs is 3. The van der Waals surface area contributed by atoms with Crippen LogP contribution in [0.3, 0.4) is 0 Å². The molecule has 9 nitrogen and oxygen atoms in total. The van der Waals surface area contributed by atoms with Crippen LogP contribution in [0.4, 0.5) is 10.5 Å². The average molecular weight is 516 g/mol. The Balaban J connectivity index is 1.42. The van der Waals surface area contributed by atoms with E-state index in [4.69, 9.17) is 9.47 Å². The van der Waals surface area contributed by atoms with E-state index in [1.54, 1.807) is 12.1 Å². The van der Waals surface area contributed by atoms with Gasteiger partial charge in [-0.25, -0.2) is 9.59 Å². The summed E-state index contributed by atoms with van der Waals surface area (Å²) in [7, 11) is 1.24. The number of rotatable bonds is 7. The Morgan fingerprint density at radius 3 is 2.32 bits per heavy atom. The van der Waals surface area contributed by atoms with Crippen molar-refractivity contribution in [3.05, 3.63) is 102 Å². The minimum atomic E-state index is -1.50. The van der Waals surface area contributed by atoms with E-state index in [9.17, 15) is 19.5 Å². The number of benzene rings is 3. The Labute approximate surface area is 220 Å². The van der Waals surface area contributed by atoms with Crippen molar-refractivity contribution in [3.8, 4) is 0 Å². The monoisotopic (exact) mass is 515 g/mol. The number of carbonyl (C=O) groups is 3. The highest BCUT2D eigenvalue weighted by Crippen LogP contribution is 2.49. The summed E-state index contributed by atoms with van der Waals surface area (Å²) in [4.78, 5) is 41.1. The molecule has 4 atom stereocenters. The zero-order valence-corrected chi connectivity index (χ0v) is 20.9. The lowest BCUT2D eigenvalue weighted by Crippen LogP contribution is -2.57. The lowest BCUT2D eigenvalue weighted by molar-refractivity contribution is -0.152. The summed E-state index contributed by atoms with van der Waals surface area (Å²) >= 11 is 0. The van der Waals surface area contributed by atoms with Crippen molar-refractivity contribution in [2.24, 2.45) is 0 Å². The van der Waals surface area contributed by atoms with E-state index >= 15 is 0 Å². The Morgan fingerprint density at radius 2 is 1.63 bits per heavy atom. The van der Waals surface area contributed by atoms with E-state index < -0.39 is 41.8 Å². The molecule has 1 saturated heterocycles. The van der Waals surface area contributed by atoms with Crippen molar-refractivity contribution in [2.45, 2.75) is 43.3 Å². The van der Waals surface area contributed by atoms with Crippen molar-refractivity contribution in [1.29, 1.82) is 0 Å². The van der Waals surface area contributed by atoms with E-state index in [2.05, 4.69) is 10.6 Å². The van der Waals surface area contributed by atoms with Crippen LogP contribution in [-0.4, -0.2) is 53.3 Å². The summed E-state index contributed by atoms with van der Waals surface area (Å²) in [6.45, 7) is 0.0344. The van der Waals surface area contributed by atoms with Crippen LogP contribution in [-0.2, 0) is 37.7 Å². The quantitative estimate of drug-likeness (QED) is 0.414. The van der Waals surface area contributed by atoms with Crippen LogP contribution in [0.15, 0.2) is 84.9 Å². The predicted octanol–water partition coefficient (Wildman–Crippen LogP) is 2.94. The second-order valence-corrected chi connectivity index (χ2v) is 9.45. The van der Waals surface area contributed by atoms with E-state index in [1.807, 2.05) is 72.8 Å². The SMILES string of the molecule is COC(=O)[C@@H]1C[C@@]2(O)c3ccccc3N[C@H]2N1C(=O)[C@H](Cc1ccccc1)NC(=O)OCc1ccccc1. The minimum Gasteiger partial charge on any atom is -0.467 e. The molecule has 5 rings (SSSR count). The molecule has 2 aliphatic heterocycles. The third-order valence-corrected chi connectivity index (χ3v) is 7.07. The van der Waals surface area contributed by atoms with Crippen LogP contribution in [0.5, 0.6) is 0 Å².